The van der Waals surface area contributed by atoms with Gasteiger partial charge in [0.2, 0.25) is 0 Å². The molecule has 1 N–H and O–H groups in total. The third kappa shape index (κ3) is 3.64. The Morgan fingerprint density at radius 3 is 2.45 bits per heavy atom. The average molecular weight is 403 g/mol. The molecular formula is C27H46O2. The number of aliphatic hydroxyl groups excluding tert-OH is 1. The molecule has 4 saturated carbocycles. The summed E-state index contributed by atoms with van der Waals surface area (Å²) in [7, 11) is 0. The molecule has 0 heterocycles. The topological polar surface area (TPSA) is 37.3 Å². The van der Waals surface area contributed by atoms with Crippen molar-refractivity contribution in [2.45, 2.75) is 111 Å². The van der Waals surface area contributed by atoms with E-state index in [4.69, 9.17) is 0 Å². The molecular weight excluding hydrogens is 356 g/mol. The number of carbonyl (C=O) groups is 1. The van der Waals surface area contributed by atoms with Crippen molar-refractivity contribution in [1.29, 1.82) is 0 Å². The minimum Gasteiger partial charge on any atom is -0.393 e. The maximum Gasteiger partial charge on any atom is 0.133 e. The van der Waals surface area contributed by atoms with Gasteiger partial charge in [0, 0.05) is 12.8 Å². The molecule has 29 heavy (non-hydrogen) atoms. The summed E-state index contributed by atoms with van der Waals surface area (Å²) in [5.74, 6) is 5.16. The lowest BCUT2D eigenvalue weighted by molar-refractivity contribution is -0.168. The lowest BCUT2D eigenvalue weighted by Gasteiger charge is -2.62. The van der Waals surface area contributed by atoms with Gasteiger partial charge in [0.05, 0.1) is 6.10 Å². The molecule has 0 bridgehead atoms. The maximum absolute atomic E-state index is 12.1. The van der Waals surface area contributed by atoms with Crippen molar-refractivity contribution in [3.63, 3.8) is 0 Å². The Hall–Kier alpha value is -0.370. The SMILES string of the molecule is CC(C)CCCC(C)[C@H]1CC[C@H]2[C@@H]3[C@H](O)C[C@@H]4CC(=O)CC[C@]4(C)[C@H]3CC[C@]12C. The van der Waals surface area contributed by atoms with Crippen LogP contribution in [0.15, 0.2) is 0 Å². The van der Waals surface area contributed by atoms with Crippen LogP contribution in [0.3, 0.4) is 0 Å². The van der Waals surface area contributed by atoms with E-state index >= 15 is 0 Å². The van der Waals surface area contributed by atoms with Crippen molar-refractivity contribution in [2.24, 2.45) is 52.3 Å². The van der Waals surface area contributed by atoms with E-state index in [-0.39, 0.29) is 6.10 Å². The molecule has 2 nitrogen and oxygen atoms in total. The Kier molecular flexibility index (Phi) is 5.99. The molecule has 0 aromatic carbocycles. The van der Waals surface area contributed by atoms with E-state index in [0.29, 0.717) is 40.3 Å². The van der Waals surface area contributed by atoms with Crippen LogP contribution in [0.1, 0.15) is 105 Å². The summed E-state index contributed by atoms with van der Waals surface area (Å²) < 4.78 is 0. The van der Waals surface area contributed by atoms with Crippen LogP contribution in [-0.4, -0.2) is 17.0 Å². The molecule has 0 spiro atoms. The summed E-state index contributed by atoms with van der Waals surface area (Å²) >= 11 is 0. The van der Waals surface area contributed by atoms with Crippen LogP contribution in [0.2, 0.25) is 0 Å². The molecule has 0 saturated heterocycles. The summed E-state index contributed by atoms with van der Waals surface area (Å²) in [6.45, 7) is 12.3. The number of ketones is 1. The minimum absolute atomic E-state index is 0.177. The molecule has 0 radical (unpaired) electrons. The summed E-state index contributed by atoms with van der Waals surface area (Å²) in [6.07, 6.45) is 12.7. The monoisotopic (exact) mass is 402 g/mol. The van der Waals surface area contributed by atoms with Crippen LogP contribution in [0.25, 0.3) is 0 Å². The van der Waals surface area contributed by atoms with Crippen molar-refractivity contribution in [3.8, 4) is 0 Å². The van der Waals surface area contributed by atoms with Crippen LogP contribution in [0.4, 0.5) is 0 Å². The number of fused-ring (bicyclic) bond motifs is 5. The summed E-state index contributed by atoms with van der Waals surface area (Å²) in [5, 5.41) is 11.3. The molecule has 1 unspecified atom stereocenters. The van der Waals surface area contributed by atoms with Crippen LogP contribution in [0.5, 0.6) is 0 Å². The van der Waals surface area contributed by atoms with Gasteiger partial charge in [-0.1, -0.05) is 53.9 Å². The van der Waals surface area contributed by atoms with Crippen LogP contribution >= 0.6 is 0 Å². The fraction of sp³-hybridized carbons (Fsp3) is 0.963. The van der Waals surface area contributed by atoms with Gasteiger partial charge in [-0.2, -0.15) is 0 Å². The molecule has 9 atom stereocenters. The number of rotatable bonds is 5. The number of carbonyl (C=O) groups excluding carboxylic acids is 1. The Balaban J connectivity index is 1.51. The predicted molar refractivity (Wildman–Crippen MR) is 119 cm³/mol. The maximum atomic E-state index is 12.1. The van der Waals surface area contributed by atoms with Crippen molar-refractivity contribution >= 4 is 5.78 Å². The Morgan fingerprint density at radius 2 is 1.72 bits per heavy atom. The highest BCUT2D eigenvalue weighted by molar-refractivity contribution is 5.79. The van der Waals surface area contributed by atoms with Gasteiger partial charge in [-0.25, -0.2) is 0 Å². The zero-order valence-electron chi connectivity index (χ0n) is 19.8. The van der Waals surface area contributed by atoms with Crippen molar-refractivity contribution < 1.29 is 9.90 Å². The Bertz CT molecular complexity index is 612. The van der Waals surface area contributed by atoms with Gasteiger partial charge in [-0.3, -0.25) is 4.79 Å². The molecule has 4 aliphatic carbocycles. The van der Waals surface area contributed by atoms with E-state index in [2.05, 4.69) is 34.6 Å². The van der Waals surface area contributed by atoms with E-state index in [1.807, 2.05) is 0 Å². The standard InChI is InChI=1S/C27H46O2/c1-17(2)7-6-8-18(3)21-9-10-22-25-23(12-14-27(21,22)5)26(4)13-11-20(28)15-19(26)16-24(25)29/h17-19,21-25,29H,6-16H2,1-5H3/t18?,19-,21+,22-,23-,24+,25-,26-,27+/m0/s1. The highest BCUT2D eigenvalue weighted by Gasteiger charge is 2.62. The molecule has 0 amide bonds. The van der Waals surface area contributed by atoms with Gasteiger partial charge in [0.25, 0.3) is 0 Å². The van der Waals surface area contributed by atoms with E-state index in [1.165, 1.54) is 44.9 Å². The molecule has 2 heteroatoms. The van der Waals surface area contributed by atoms with Gasteiger partial charge in [-0.05, 0) is 90.8 Å². The molecule has 4 aliphatic rings. The zero-order chi connectivity index (χ0) is 21.0. The normalized spacial score (nSPS) is 48.2. The second-order valence-electron chi connectivity index (χ2n) is 12.6. The number of hydrogen-bond donors (Lipinski definition) is 1. The first-order chi connectivity index (χ1) is 13.7. The number of aliphatic hydroxyl groups is 1. The largest absolute Gasteiger partial charge is 0.393 e. The first kappa shape index (κ1) is 21.8. The molecule has 166 valence electrons. The summed E-state index contributed by atoms with van der Waals surface area (Å²) in [5.41, 5.74) is 0.715. The average Bonchev–Trinajstić information content (AvgIpc) is 3.00. The minimum atomic E-state index is -0.177. The third-order valence-electron chi connectivity index (χ3n) is 10.7. The van der Waals surface area contributed by atoms with Gasteiger partial charge in [-0.15, -0.1) is 0 Å². The molecule has 4 fully saturated rings. The zero-order valence-corrected chi connectivity index (χ0v) is 19.8. The number of Topliss-reactive ketones (excluding diaryl/α,β-unsaturated/α-hetero) is 1. The van der Waals surface area contributed by atoms with Crippen LogP contribution < -0.4 is 0 Å². The molecule has 0 aromatic rings. The van der Waals surface area contributed by atoms with Gasteiger partial charge < -0.3 is 5.11 Å². The van der Waals surface area contributed by atoms with Crippen LogP contribution in [0, 0.1) is 52.3 Å². The lowest BCUT2D eigenvalue weighted by Crippen LogP contribution is -2.58. The number of hydrogen-bond acceptors (Lipinski definition) is 2. The summed E-state index contributed by atoms with van der Waals surface area (Å²) in [6, 6.07) is 0. The quantitative estimate of drug-likeness (QED) is 0.559. The lowest BCUT2D eigenvalue weighted by atomic mass is 9.44. The van der Waals surface area contributed by atoms with E-state index in [9.17, 15) is 9.90 Å². The van der Waals surface area contributed by atoms with Crippen LogP contribution in [-0.2, 0) is 4.79 Å². The Labute approximate surface area is 179 Å². The third-order valence-corrected chi connectivity index (χ3v) is 10.7. The van der Waals surface area contributed by atoms with Crippen molar-refractivity contribution in [1.82, 2.24) is 0 Å². The highest BCUT2D eigenvalue weighted by Crippen LogP contribution is 2.68. The summed E-state index contributed by atoms with van der Waals surface area (Å²) in [4.78, 5) is 12.1. The van der Waals surface area contributed by atoms with E-state index in [0.717, 1.165) is 43.4 Å². The van der Waals surface area contributed by atoms with Crippen molar-refractivity contribution in [2.75, 3.05) is 0 Å². The second kappa shape index (κ2) is 7.95. The fourth-order valence-electron chi connectivity index (χ4n) is 9.04. The predicted octanol–water partition coefficient (Wildman–Crippen LogP) is 6.65. The van der Waals surface area contributed by atoms with Gasteiger partial charge in [0.15, 0.2) is 0 Å². The molecule has 0 aromatic heterocycles. The first-order valence-electron chi connectivity index (χ1n) is 12.9. The van der Waals surface area contributed by atoms with Gasteiger partial charge >= 0.3 is 0 Å². The smallest absolute Gasteiger partial charge is 0.133 e. The second-order valence-corrected chi connectivity index (χ2v) is 12.6. The molecule has 0 aliphatic heterocycles. The Morgan fingerprint density at radius 1 is 1.00 bits per heavy atom. The van der Waals surface area contributed by atoms with E-state index < -0.39 is 0 Å². The van der Waals surface area contributed by atoms with Gasteiger partial charge in [0.1, 0.15) is 5.78 Å². The molecule has 4 rings (SSSR count). The highest BCUT2D eigenvalue weighted by atomic mass is 16.3. The van der Waals surface area contributed by atoms with E-state index in [1.54, 1.807) is 0 Å². The first-order valence-corrected chi connectivity index (χ1v) is 12.9. The van der Waals surface area contributed by atoms with Crippen molar-refractivity contribution in [3.05, 3.63) is 0 Å². The fourth-order valence-corrected chi connectivity index (χ4v) is 9.04.